The fourth-order valence-electron chi connectivity index (χ4n) is 0.948. The number of halogens is 2. The summed E-state index contributed by atoms with van der Waals surface area (Å²) in [5.41, 5.74) is 0.419. The van der Waals surface area contributed by atoms with E-state index in [2.05, 4.69) is 0 Å². The molecule has 1 aromatic heterocycles. The summed E-state index contributed by atoms with van der Waals surface area (Å²) in [5, 5.41) is 17.7. The maximum atomic E-state index is 11.6. The van der Waals surface area contributed by atoms with Gasteiger partial charge in [-0.2, -0.15) is 11.8 Å². The van der Waals surface area contributed by atoms with Gasteiger partial charge in [0, 0.05) is 11.3 Å². The van der Waals surface area contributed by atoms with Crippen LogP contribution in [0.1, 0.15) is 10.4 Å². The lowest BCUT2D eigenvalue weighted by molar-refractivity contribution is 0.102. The molecule has 1 atom stereocenters. The zero-order chi connectivity index (χ0) is 12.1. The van der Waals surface area contributed by atoms with Gasteiger partial charge in [-0.25, -0.2) is 0 Å². The van der Waals surface area contributed by atoms with Crippen molar-refractivity contribution in [2.75, 3.05) is 18.1 Å². The number of hydrogen-bond acceptors (Lipinski definition) is 5. The van der Waals surface area contributed by atoms with Crippen molar-refractivity contribution in [1.29, 1.82) is 0 Å². The van der Waals surface area contributed by atoms with Gasteiger partial charge in [0.15, 0.2) is 5.78 Å². The van der Waals surface area contributed by atoms with Crippen molar-refractivity contribution in [3.05, 3.63) is 20.3 Å². The number of hydrogen-bond donors (Lipinski definition) is 2. The van der Waals surface area contributed by atoms with Crippen molar-refractivity contribution in [2.24, 2.45) is 0 Å². The first kappa shape index (κ1) is 14.3. The monoisotopic (exact) mass is 300 g/mol. The van der Waals surface area contributed by atoms with Gasteiger partial charge in [-0.15, -0.1) is 11.3 Å². The standard InChI is InChI=1S/C9H10Cl2O3S2/c10-8-1-6(9(11)16-8)7(14)4-15-3-5(13)2-12/h1,5,12-13H,2-4H2. The van der Waals surface area contributed by atoms with E-state index in [1.165, 1.54) is 11.8 Å². The zero-order valence-electron chi connectivity index (χ0n) is 8.15. The van der Waals surface area contributed by atoms with Gasteiger partial charge in [0.05, 0.1) is 22.8 Å². The van der Waals surface area contributed by atoms with Crippen LogP contribution in [0.15, 0.2) is 6.07 Å². The molecule has 0 spiro atoms. The molecular weight excluding hydrogens is 291 g/mol. The average molecular weight is 301 g/mol. The van der Waals surface area contributed by atoms with Crippen LogP contribution in [0, 0.1) is 0 Å². The molecule has 0 aliphatic carbocycles. The van der Waals surface area contributed by atoms with Gasteiger partial charge in [0.1, 0.15) is 4.34 Å². The molecule has 0 amide bonds. The first-order chi connectivity index (χ1) is 7.54. The molecule has 1 rings (SSSR count). The molecule has 2 N–H and O–H groups in total. The third-order valence-corrected chi connectivity index (χ3v) is 4.29. The van der Waals surface area contributed by atoms with Crippen molar-refractivity contribution in [3.63, 3.8) is 0 Å². The number of carbonyl (C=O) groups is 1. The molecule has 1 unspecified atom stereocenters. The topological polar surface area (TPSA) is 57.5 Å². The molecule has 0 saturated heterocycles. The maximum Gasteiger partial charge on any atom is 0.175 e. The van der Waals surface area contributed by atoms with Crippen LogP contribution in [0.2, 0.25) is 8.67 Å². The van der Waals surface area contributed by atoms with Crippen LogP contribution in [0.3, 0.4) is 0 Å². The fraction of sp³-hybridized carbons (Fsp3) is 0.444. The fourth-order valence-corrected chi connectivity index (χ4v) is 3.28. The van der Waals surface area contributed by atoms with Gasteiger partial charge in [-0.1, -0.05) is 23.2 Å². The van der Waals surface area contributed by atoms with Gasteiger partial charge in [-0.3, -0.25) is 4.79 Å². The highest BCUT2D eigenvalue weighted by molar-refractivity contribution is 8.00. The quantitative estimate of drug-likeness (QED) is 0.792. The van der Waals surface area contributed by atoms with Crippen molar-refractivity contribution >= 4 is 52.1 Å². The van der Waals surface area contributed by atoms with Crippen LogP contribution < -0.4 is 0 Å². The van der Waals surface area contributed by atoms with E-state index < -0.39 is 6.10 Å². The number of aliphatic hydroxyl groups excluding tert-OH is 2. The number of thiophene rings is 1. The second kappa shape index (κ2) is 6.83. The lowest BCUT2D eigenvalue weighted by atomic mass is 10.2. The summed E-state index contributed by atoms with van der Waals surface area (Å²) in [7, 11) is 0. The van der Waals surface area contributed by atoms with E-state index in [1.807, 2.05) is 0 Å². The molecule has 0 aliphatic rings. The Hall–Kier alpha value is 0.220. The molecule has 90 valence electrons. The van der Waals surface area contributed by atoms with Crippen molar-refractivity contribution in [2.45, 2.75) is 6.10 Å². The Morgan fingerprint density at radius 1 is 1.56 bits per heavy atom. The van der Waals surface area contributed by atoms with Crippen LogP contribution in [0.5, 0.6) is 0 Å². The van der Waals surface area contributed by atoms with Crippen molar-refractivity contribution in [1.82, 2.24) is 0 Å². The molecule has 0 fully saturated rings. The second-order valence-electron chi connectivity index (χ2n) is 3.01. The van der Waals surface area contributed by atoms with Gasteiger partial charge >= 0.3 is 0 Å². The van der Waals surface area contributed by atoms with Crippen molar-refractivity contribution in [3.8, 4) is 0 Å². The third kappa shape index (κ3) is 4.24. The summed E-state index contributed by atoms with van der Waals surface area (Å²) in [4.78, 5) is 11.6. The summed E-state index contributed by atoms with van der Waals surface area (Å²) < 4.78 is 0.868. The Bertz CT molecular complexity index is 368. The molecule has 0 aliphatic heterocycles. The molecule has 7 heteroatoms. The number of rotatable bonds is 6. The van der Waals surface area contributed by atoms with Gasteiger partial charge in [0.25, 0.3) is 0 Å². The number of ketones is 1. The number of Topliss-reactive ketones (excluding diaryl/α,β-unsaturated/α-hetero) is 1. The van der Waals surface area contributed by atoms with Crippen LogP contribution in [0.4, 0.5) is 0 Å². The third-order valence-electron chi connectivity index (χ3n) is 1.71. The summed E-state index contributed by atoms with van der Waals surface area (Å²) in [5.74, 6) is 0.407. The molecule has 1 heterocycles. The highest BCUT2D eigenvalue weighted by atomic mass is 35.5. The predicted octanol–water partition coefficient (Wildman–Crippen LogP) is 2.32. The minimum atomic E-state index is -0.792. The smallest absolute Gasteiger partial charge is 0.175 e. The first-order valence-corrected chi connectivity index (χ1v) is 7.12. The van der Waals surface area contributed by atoms with E-state index in [9.17, 15) is 4.79 Å². The van der Waals surface area contributed by atoms with Crippen molar-refractivity contribution < 1.29 is 15.0 Å². The molecule has 0 aromatic carbocycles. The van der Waals surface area contributed by atoms with Crippen LogP contribution >= 0.6 is 46.3 Å². The summed E-state index contributed by atoms with van der Waals surface area (Å²) in [6, 6.07) is 1.54. The van der Waals surface area contributed by atoms with E-state index in [1.54, 1.807) is 6.07 Å². The van der Waals surface area contributed by atoms with Gasteiger partial charge < -0.3 is 10.2 Å². The molecule has 3 nitrogen and oxygen atoms in total. The molecule has 0 radical (unpaired) electrons. The van der Waals surface area contributed by atoms with E-state index in [0.29, 0.717) is 20.0 Å². The Labute approximate surface area is 111 Å². The normalized spacial score (nSPS) is 12.8. The Morgan fingerprint density at radius 3 is 2.75 bits per heavy atom. The van der Waals surface area contributed by atoms with E-state index >= 15 is 0 Å². The van der Waals surface area contributed by atoms with Crippen LogP contribution in [-0.2, 0) is 0 Å². The predicted molar refractivity (Wildman–Crippen MR) is 69.1 cm³/mol. The minimum absolute atomic E-state index is 0.122. The number of aliphatic hydroxyl groups is 2. The van der Waals surface area contributed by atoms with Crippen LogP contribution in [0.25, 0.3) is 0 Å². The molecule has 0 bridgehead atoms. The average Bonchev–Trinajstić information content (AvgIpc) is 2.57. The highest BCUT2D eigenvalue weighted by Gasteiger charge is 2.14. The number of carbonyl (C=O) groups excluding carboxylic acids is 1. The van der Waals surface area contributed by atoms with E-state index in [0.717, 1.165) is 11.3 Å². The van der Waals surface area contributed by atoms with Gasteiger partial charge in [0.2, 0.25) is 0 Å². The number of thioether (sulfide) groups is 1. The summed E-state index contributed by atoms with van der Waals surface area (Å²) in [6.07, 6.45) is -0.792. The van der Waals surface area contributed by atoms with E-state index in [4.69, 9.17) is 33.4 Å². The largest absolute Gasteiger partial charge is 0.394 e. The lowest BCUT2D eigenvalue weighted by Crippen LogP contribution is -2.16. The molecule has 16 heavy (non-hydrogen) atoms. The second-order valence-corrected chi connectivity index (χ2v) is 6.33. The summed E-state index contributed by atoms with van der Waals surface area (Å²) >= 11 is 13.9. The molecule has 0 saturated carbocycles. The minimum Gasteiger partial charge on any atom is -0.394 e. The first-order valence-electron chi connectivity index (χ1n) is 4.39. The SMILES string of the molecule is O=C(CSCC(O)CO)c1cc(Cl)sc1Cl. The van der Waals surface area contributed by atoms with Crippen LogP contribution in [-0.4, -0.2) is 40.2 Å². The Kier molecular flexibility index (Phi) is 6.10. The molecule has 1 aromatic rings. The summed E-state index contributed by atoms with van der Waals surface area (Å²) in [6.45, 7) is -0.299. The maximum absolute atomic E-state index is 11.6. The molecular formula is C9H10Cl2O3S2. The highest BCUT2D eigenvalue weighted by Crippen LogP contribution is 2.31. The Balaban J connectivity index is 2.44. The Morgan fingerprint density at radius 2 is 2.25 bits per heavy atom. The van der Waals surface area contributed by atoms with E-state index in [-0.39, 0.29) is 18.1 Å². The zero-order valence-corrected chi connectivity index (χ0v) is 11.3. The lowest BCUT2D eigenvalue weighted by Gasteiger charge is -2.05. The van der Waals surface area contributed by atoms with Gasteiger partial charge in [-0.05, 0) is 6.07 Å².